The van der Waals surface area contributed by atoms with E-state index < -0.39 is 0 Å². The second-order valence-electron chi connectivity index (χ2n) is 7.12. The summed E-state index contributed by atoms with van der Waals surface area (Å²) in [5.41, 5.74) is 1.74. The number of nitriles is 1. The molecule has 1 aliphatic rings. The number of aliphatic imine (C=N–C) groups is 1. The molecule has 1 saturated heterocycles. The largest absolute Gasteiger partial charge is 0.357 e. The first kappa shape index (κ1) is 19.3. The van der Waals surface area contributed by atoms with Crippen LogP contribution in [0.5, 0.6) is 0 Å². The van der Waals surface area contributed by atoms with Crippen LogP contribution in [0.25, 0.3) is 0 Å². The molecule has 0 amide bonds. The molecule has 25 heavy (non-hydrogen) atoms. The molecule has 0 radical (unpaired) electrons. The lowest BCUT2D eigenvalue weighted by Crippen LogP contribution is -2.49. The van der Waals surface area contributed by atoms with E-state index in [1.54, 1.807) is 0 Å². The van der Waals surface area contributed by atoms with Gasteiger partial charge in [0, 0.05) is 32.2 Å². The zero-order valence-electron chi connectivity index (χ0n) is 15.8. The van der Waals surface area contributed by atoms with Crippen molar-refractivity contribution in [1.29, 1.82) is 5.26 Å². The van der Waals surface area contributed by atoms with Gasteiger partial charge in [-0.05, 0) is 43.4 Å². The molecule has 0 aromatic heterocycles. The molecule has 0 unspecified atom stereocenters. The molecular weight excluding hydrogens is 310 g/mol. The van der Waals surface area contributed by atoms with Crippen molar-refractivity contribution in [1.82, 2.24) is 15.5 Å². The number of nitrogens with zero attached hydrogens (tertiary/aromatic N) is 3. The van der Waals surface area contributed by atoms with Crippen LogP contribution in [0.1, 0.15) is 44.7 Å². The number of hydrogen-bond acceptors (Lipinski definition) is 3. The molecular formula is C20H31N5. The Bertz CT molecular complexity index is 594. The standard InChI is InChI=1S/C20H31N5/c1-4-22-20(23-14-18-7-5-6-17(12-18)13-21)24-19-8-10-25(11-9-19)15-16(2)3/h5-7,12,16,19H,4,8-11,14-15H2,1-3H3,(H2,22,23,24). The lowest BCUT2D eigenvalue weighted by molar-refractivity contribution is 0.187. The predicted octanol–water partition coefficient (Wildman–Crippen LogP) is 2.73. The normalized spacial score (nSPS) is 16.7. The van der Waals surface area contributed by atoms with Crippen LogP contribution < -0.4 is 10.6 Å². The number of benzene rings is 1. The van der Waals surface area contributed by atoms with Crippen LogP contribution in [0.4, 0.5) is 0 Å². The molecule has 5 nitrogen and oxygen atoms in total. The Kier molecular flexibility index (Phi) is 7.75. The highest BCUT2D eigenvalue weighted by Crippen LogP contribution is 2.12. The van der Waals surface area contributed by atoms with E-state index in [0.29, 0.717) is 18.2 Å². The lowest BCUT2D eigenvalue weighted by atomic mass is 10.0. The molecule has 2 rings (SSSR count). The monoisotopic (exact) mass is 341 g/mol. The van der Waals surface area contributed by atoms with Gasteiger partial charge in [-0.1, -0.05) is 26.0 Å². The first-order valence-electron chi connectivity index (χ1n) is 9.37. The summed E-state index contributed by atoms with van der Waals surface area (Å²) in [6.07, 6.45) is 2.31. The van der Waals surface area contributed by atoms with Crippen molar-refractivity contribution in [2.75, 3.05) is 26.2 Å². The molecule has 5 heteroatoms. The van der Waals surface area contributed by atoms with Gasteiger partial charge in [0.05, 0.1) is 18.2 Å². The fourth-order valence-corrected chi connectivity index (χ4v) is 3.20. The van der Waals surface area contributed by atoms with Crippen LogP contribution in [-0.2, 0) is 6.54 Å². The number of likely N-dealkylation sites (tertiary alicyclic amines) is 1. The molecule has 2 N–H and O–H groups in total. The van der Waals surface area contributed by atoms with Gasteiger partial charge in [0.15, 0.2) is 5.96 Å². The predicted molar refractivity (Wildman–Crippen MR) is 103 cm³/mol. The summed E-state index contributed by atoms with van der Waals surface area (Å²) in [5.74, 6) is 1.60. The Morgan fingerprint density at radius 3 is 2.76 bits per heavy atom. The molecule has 0 atom stereocenters. The molecule has 1 heterocycles. The average Bonchev–Trinajstić information content (AvgIpc) is 2.61. The molecule has 0 saturated carbocycles. The zero-order valence-corrected chi connectivity index (χ0v) is 15.8. The SMILES string of the molecule is CCNC(=NCc1cccc(C#N)c1)NC1CCN(CC(C)C)CC1. The van der Waals surface area contributed by atoms with E-state index in [1.807, 2.05) is 24.3 Å². The summed E-state index contributed by atoms with van der Waals surface area (Å²) >= 11 is 0. The maximum absolute atomic E-state index is 9.00. The van der Waals surface area contributed by atoms with Gasteiger partial charge >= 0.3 is 0 Å². The van der Waals surface area contributed by atoms with Gasteiger partial charge in [-0.2, -0.15) is 5.26 Å². The van der Waals surface area contributed by atoms with Crippen molar-refractivity contribution >= 4 is 5.96 Å². The molecule has 1 fully saturated rings. The highest BCUT2D eigenvalue weighted by molar-refractivity contribution is 5.80. The minimum Gasteiger partial charge on any atom is -0.357 e. The van der Waals surface area contributed by atoms with E-state index in [-0.39, 0.29) is 0 Å². The number of rotatable bonds is 6. The van der Waals surface area contributed by atoms with E-state index in [0.717, 1.165) is 49.9 Å². The van der Waals surface area contributed by atoms with Crippen molar-refractivity contribution in [2.24, 2.45) is 10.9 Å². The molecule has 1 aliphatic heterocycles. The van der Waals surface area contributed by atoms with Crippen LogP contribution in [-0.4, -0.2) is 43.1 Å². The third-order valence-electron chi connectivity index (χ3n) is 4.37. The first-order chi connectivity index (χ1) is 12.1. The van der Waals surface area contributed by atoms with Gasteiger partial charge in [-0.3, -0.25) is 0 Å². The average molecular weight is 342 g/mol. The van der Waals surface area contributed by atoms with Crippen molar-refractivity contribution in [3.8, 4) is 6.07 Å². The first-order valence-corrected chi connectivity index (χ1v) is 9.37. The van der Waals surface area contributed by atoms with Crippen molar-refractivity contribution in [3.05, 3.63) is 35.4 Å². The highest BCUT2D eigenvalue weighted by Gasteiger charge is 2.20. The van der Waals surface area contributed by atoms with Crippen LogP contribution in [0.3, 0.4) is 0 Å². The van der Waals surface area contributed by atoms with Gasteiger partial charge in [0.2, 0.25) is 0 Å². The van der Waals surface area contributed by atoms with E-state index in [4.69, 9.17) is 10.3 Å². The number of piperidine rings is 1. The van der Waals surface area contributed by atoms with Gasteiger partial charge in [-0.25, -0.2) is 4.99 Å². The topological polar surface area (TPSA) is 63.5 Å². The van der Waals surface area contributed by atoms with Crippen LogP contribution >= 0.6 is 0 Å². The van der Waals surface area contributed by atoms with Crippen LogP contribution in [0.2, 0.25) is 0 Å². The van der Waals surface area contributed by atoms with E-state index >= 15 is 0 Å². The van der Waals surface area contributed by atoms with E-state index in [1.165, 1.54) is 6.54 Å². The van der Waals surface area contributed by atoms with Crippen molar-refractivity contribution in [3.63, 3.8) is 0 Å². The summed E-state index contributed by atoms with van der Waals surface area (Å²) in [6.45, 7) is 11.6. The van der Waals surface area contributed by atoms with Gasteiger partial charge < -0.3 is 15.5 Å². The Balaban J connectivity index is 1.89. The van der Waals surface area contributed by atoms with Crippen molar-refractivity contribution in [2.45, 2.75) is 46.2 Å². The van der Waals surface area contributed by atoms with Gasteiger partial charge in [0.1, 0.15) is 0 Å². The van der Waals surface area contributed by atoms with E-state index in [9.17, 15) is 0 Å². The quantitative estimate of drug-likeness (QED) is 0.617. The highest BCUT2D eigenvalue weighted by atomic mass is 15.2. The summed E-state index contributed by atoms with van der Waals surface area (Å²) in [6, 6.07) is 10.3. The fourth-order valence-electron chi connectivity index (χ4n) is 3.20. The molecule has 0 spiro atoms. The van der Waals surface area contributed by atoms with Gasteiger partial charge in [-0.15, -0.1) is 0 Å². The number of guanidine groups is 1. The second kappa shape index (κ2) is 10.0. The molecule has 1 aromatic rings. The minimum absolute atomic E-state index is 0.478. The summed E-state index contributed by atoms with van der Waals surface area (Å²) in [4.78, 5) is 7.25. The maximum atomic E-state index is 9.00. The fraction of sp³-hybridized carbons (Fsp3) is 0.600. The Labute approximate surface area is 152 Å². The smallest absolute Gasteiger partial charge is 0.191 e. The summed E-state index contributed by atoms with van der Waals surface area (Å²) in [5, 5.41) is 15.9. The van der Waals surface area contributed by atoms with Crippen LogP contribution in [0, 0.1) is 17.2 Å². The number of nitrogens with one attached hydrogen (secondary N) is 2. The zero-order chi connectivity index (χ0) is 18.1. The number of hydrogen-bond donors (Lipinski definition) is 2. The molecule has 136 valence electrons. The summed E-state index contributed by atoms with van der Waals surface area (Å²) in [7, 11) is 0. The van der Waals surface area contributed by atoms with E-state index in [2.05, 4.69) is 42.4 Å². The van der Waals surface area contributed by atoms with Gasteiger partial charge in [0.25, 0.3) is 0 Å². The Hall–Kier alpha value is -2.06. The molecule has 0 aliphatic carbocycles. The third-order valence-corrected chi connectivity index (χ3v) is 4.37. The Morgan fingerprint density at radius 1 is 1.36 bits per heavy atom. The molecule has 1 aromatic carbocycles. The maximum Gasteiger partial charge on any atom is 0.191 e. The molecule has 0 bridgehead atoms. The minimum atomic E-state index is 0.478. The summed E-state index contributed by atoms with van der Waals surface area (Å²) < 4.78 is 0. The lowest BCUT2D eigenvalue weighted by Gasteiger charge is -2.34. The van der Waals surface area contributed by atoms with Crippen LogP contribution in [0.15, 0.2) is 29.3 Å². The Morgan fingerprint density at radius 2 is 2.12 bits per heavy atom. The second-order valence-corrected chi connectivity index (χ2v) is 7.12. The van der Waals surface area contributed by atoms with Crippen molar-refractivity contribution < 1.29 is 0 Å². The third kappa shape index (κ3) is 6.75.